The van der Waals surface area contributed by atoms with Crippen molar-refractivity contribution in [1.82, 2.24) is 14.9 Å². The van der Waals surface area contributed by atoms with Crippen LogP contribution in [0.4, 0.5) is 0 Å². The van der Waals surface area contributed by atoms with Gasteiger partial charge in [-0.05, 0) is 43.6 Å². The molecule has 128 valence electrons. The van der Waals surface area contributed by atoms with E-state index in [-0.39, 0.29) is 5.90 Å². The van der Waals surface area contributed by atoms with E-state index in [1.807, 2.05) is 24.3 Å². The summed E-state index contributed by atoms with van der Waals surface area (Å²) in [4.78, 5) is 10.6. The summed E-state index contributed by atoms with van der Waals surface area (Å²) in [6.07, 6.45) is 5.36. The second-order valence-corrected chi connectivity index (χ2v) is 6.46. The second-order valence-electron chi connectivity index (χ2n) is 6.02. The third-order valence-corrected chi connectivity index (χ3v) is 4.53. The number of nitrogens with one attached hydrogen (secondary N) is 1. The molecule has 0 aliphatic carbocycles. The van der Waals surface area contributed by atoms with Gasteiger partial charge in [-0.25, -0.2) is 9.97 Å². The maximum Gasteiger partial charge on any atom is 0.235 e. The lowest BCUT2D eigenvalue weighted by atomic mass is 10.1. The van der Waals surface area contributed by atoms with Crippen LogP contribution in [-0.2, 0) is 0 Å². The van der Waals surface area contributed by atoms with Crippen LogP contribution in [0.15, 0.2) is 41.3 Å². The third-order valence-electron chi connectivity index (χ3n) is 4.28. The van der Waals surface area contributed by atoms with Crippen molar-refractivity contribution in [3.8, 4) is 17.0 Å². The Labute approximate surface area is 149 Å². The van der Waals surface area contributed by atoms with Gasteiger partial charge in [0.1, 0.15) is 18.0 Å². The van der Waals surface area contributed by atoms with E-state index in [0.29, 0.717) is 28.5 Å². The highest BCUT2D eigenvalue weighted by atomic mass is 35.5. The Morgan fingerprint density at radius 2 is 1.96 bits per heavy atom. The highest BCUT2D eigenvalue weighted by Crippen LogP contribution is 2.35. The zero-order valence-electron chi connectivity index (χ0n) is 13.5. The van der Waals surface area contributed by atoms with E-state index in [1.165, 1.54) is 19.2 Å². The van der Waals surface area contributed by atoms with E-state index in [4.69, 9.17) is 26.2 Å². The number of fused-ring (bicyclic) bond motifs is 1. The lowest BCUT2D eigenvalue weighted by Crippen LogP contribution is -2.29. The van der Waals surface area contributed by atoms with Crippen LogP contribution in [-0.4, -0.2) is 40.4 Å². The summed E-state index contributed by atoms with van der Waals surface area (Å²) in [6, 6.07) is 7.43. The smallest absolute Gasteiger partial charge is 0.235 e. The molecule has 1 aliphatic heterocycles. The molecule has 1 fully saturated rings. The van der Waals surface area contributed by atoms with Gasteiger partial charge in [0.05, 0.1) is 6.54 Å². The van der Waals surface area contributed by atoms with Gasteiger partial charge in [-0.3, -0.25) is 10.3 Å². The SMILES string of the molecule is N=C(CN1CCCC1)Oc1ncnc2occ(-c3ccc(Cl)cc3)c12. The maximum absolute atomic E-state index is 8.15. The lowest BCUT2D eigenvalue weighted by molar-refractivity contribution is 0.360. The molecule has 0 atom stereocenters. The second kappa shape index (κ2) is 6.82. The fraction of sp³-hybridized carbons (Fsp3) is 0.278. The predicted octanol–water partition coefficient (Wildman–Crippen LogP) is 4.00. The van der Waals surface area contributed by atoms with Crippen molar-refractivity contribution in [3.63, 3.8) is 0 Å². The van der Waals surface area contributed by atoms with Crippen LogP contribution < -0.4 is 4.74 Å². The Morgan fingerprint density at radius 1 is 1.20 bits per heavy atom. The molecule has 3 heterocycles. The van der Waals surface area contributed by atoms with Gasteiger partial charge in [-0.15, -0.1) is 0 Å². The largest absolute Gasteiger partial charge is 0.445 e. The number of hydrogen-bond acceptors (Lipinski definition) is 6. The first kappa shape index (κ1) is 16.1. The minimum Gasteiger partial charge on any atom is -0.445 e. The lowest BCUT2D eigenvalue weighted by Gasteiger charge is -2.15. The minimum atomic E-state index is 0.171. The highest BCUT2D eigenvalue weighted by Gasteiger charge is 2.19. The first-order chi connectivity index (χ1) is 12.2. The van der Waals surface area contributed by atoms with Crippen molar-refractivity contribution in [1.29, 1.82) is 5.41 Å². The third kappa shape index (κ3) is 3.36. The van der Waals surface area contributed by atoms with E-state index in [9.17, 15) is 0 Å². The van der Waals surface area contributed by atoms with Crippen molar-refractivity contribution >= 4 is 28.6 Å². The number of benzene rings is 1. The number of rotatable bonds is 4. The van der Waals surface area contributed by atoms with Crippen LogP contribution in [0, 0.1) is 5.41 Å². The van der Waals surface area contributed by atoms with Crippen molar-refractivity contribution in [2.75, 3.05) is 19.6 Å². The molecule has 0 saturated carbocycles. The number of aromatic nitrogens is 2. The normalized spacial score (nSPS) is 14.9. The molecule has 4 rings (SSSR count). The van der Waals surface area contributed by atoms with Crippen molar-refractivity contribution in [3.05, 3.63) is 41.9 Å². The average Bonchev–Trinajstić information content (AvgIpc) is 3.25. The van der Waals surface area contributed by atoms with Crippen LogP contribution in [0.5, 0.6) is 5.88 Å². The number of ether oxygens (including phenoxy) is 1. The van der Waals surface area contributed by atoms with Gasteiger partial charge >= 0.3 is 0 Å². The maximum atomic E-state index is 8.15. The molecule has 0 bridgehead atoms. The summed E-state index contributed by atoms with van der Waals surface area (Å²) in [5.41, 5.74) is 2.18. The first-order valence-electron chi connectivity index (χ1n) is 8.16. The predicted molar refractivity (Wildman–Crippen MR) is 96.3 cm³/mol. The number of nitrogens with zero attached hydrogens (tertiary/aromatic N) is 3. The fourth-order valence-corrected chi connectivity index (χ4v) is 3.19. The Morgan fingerprint density at radius 3 is 2.72 bits per heavy atom. The molecule has 1 saturated heterocycles. The Kier molecular flexibility index (Phi) is 4.38. The molecule has 0 radical (unpaired) electrons. The molecule has 7 heteroatoms. The number of likely N-dealkylation sites (tertiary alicyclic amines) is 1. The van der Waals surface area contributed by atoms with Gasteiger partial charge < -0.3 is 9.15 Å². The molecule has 1 aliphatic rings. The van der Waals surface area contributed by atoms with E-state index in [0.717, 1.165) is 24.2 Å². The zero-order valence-corrected chi connectivity index (χ0v) is 14.3. The van der Waals surface area contributed by atoms with Gasteiger partial charge in [-0.2, -0.15) is 0 Å². The molecule has 25 heavy (non-hydrogen) atoms. The van der Waals surface area contributed by atoms with Gasteiger partial charge in [0.15, 0.2) is 0 Å². The minimum absolute atomic E-state index is 0.171. The first-order valence-corrected chi connectivity index (χ1v) is 8.54. The Hall–Kier alpha value is -2.44. The summed E-state index contributed by atoms with van der Waals surface area (Å²) in [5, 5.41) is 9.48. The number of furan rings is 1. The molecule has 1 N–H and O–H groups in total. The van der Waals surface area contributed by atoms with Crippen molar-refractivity contribution in [2.24, 2.45) is 0 Å². The quantitative estimate of drug-likeness (QED) is 0.565. The molecular weight excluding hydrogens is 340 g/mol. The summed E-state index contributed by atoms with van der Waals surface area (Å²) < 4.78 is 11.3. The van der Waals surface area contributed by atoms with E-state index >= 15 is 0 Å². The standard InChI is InChI=1S/C18H17ClN4O2/c19-13-5-3-12(4-6-13)14-10-24-17-16(14)18(22-11-21-17)25-15(20)9-23-7-1-2-8-23/h3-6,10-11,20H,1-2,7-9H2. The van der Waals surface area contributed by atoms with Crippen LogP contribution >= 0.6 is 11.6 Å². The summed E-state index contributed by atoms with van der Waals surface area (Å²) >= 11 is 5.97. The highest BCUT2D eigenvalue weighted by molar-refractivity contribution is 6.30. The zero-order chi connectivity index (χ0) is 17.2. The summed E-state index contributed by atoms with van der Waals surface area (Å²) in [7, 11) is 0. The Balaban J connectivity index is 1.65. The van der Waals surface area contributed by atoms with Gasteiger partial charge in [0.2, 0.25) is 17.5 Å². The summed E-state index contributed by atoms with van der Waals surface area (Å²) in [6.45, 7) is 2.50. The fourth-order valence-electron chi connectivity index (χ4n) is 3.06. The topological polar surface area (TPSA) is 75.2 Å². The Bertz CT molecular complexity index is 901. The molecule has 0 amide bonds. The van der Waals surface area contributed by atoms with Gasteiger partial charge in [0.25, 0.3) is 0 Å². The van der Waals surface area contributed by atoms with Gasteiger partial charge in [0, 0.05) is 10.6 Å². The molecule has 2 aromatic heterocycles. The van der Waals surface area contributed by atoms with E-state index in [1.54, 1.807) is 6.26 Å². The molecular formula is C18H17ClN4O2. The number of hydrogen-bond donors (Lipinski definition) is 1. The molecule has 0 spiro atoms. The summed E-state index contributed by atoms with van der Waals surface area (Å²) in [5.74, 6) is 0.512. The van der Waals surface area contributed by atoms with Crippen LogP contribution in [0.1, 0.15) is 12.8 Å². The van der Waals surface area contributed by atoms with E-state index in [2.05, 4.69) is 14.9 Å². The molecule has 0 unspecified atom stereocenters. The monoisotopic (exact) mass is 356 g/mol. The van der Waals surface area contributed by atoms with E-state index < -0.39 is 0 Å². The van der Waals surface area contributed by atoms with Gasteiger partial charge in [-0.1, -0.05) is 23.7 Å². The molecule has 1 aromatic carbocycles. The average molecular weight is 357 g/mol. The van der Waals surface area contributed by atoms with Crippen LogP contribution in [0.25, 0.3) is 22.2 Å². The number of halogens is 1. The van der Waals surface area contributed by atoms with Crippen molar-refractivity contribution in [2.45, 2.75) is 12.8 Å². The molecule has 3 aromatic rings. The molecule has 6 nitrogen and oxygen atoms in total. The van der Waals surface area contributed by atoms with Crippen LogP contribution in [0.3, 0.4) is 0 Å². The van der Waals surface area contributed by atoms with Crippen LogP contribution in [0.2, 0.25) is 5.02 Å². The van der Waals surface area contributed by atoms with Crippen molar-refractivity contribution < 1.29 is 9.15 Å².